The lowest BCUT2D eigenvalue weighted by Gasteiger charge is -2.14. The average Bonchev–Trinajstić information content (AvgIpc) is 3.18. The van der Waals surface area contributed by atoms with Crippen molar-refractivity contribution in [2.24, 2.45) is 0 Å². The molecule has 4 heteroatoms. The number of fused-ring (bicyclic) bond motifs is 2. The second-order valence-corrected chi connectivity index (χ2v) is 6.06. The number of hydrogen-bond acceptors (Lipinski definition) is 3. The van der Waals surface area contributed by atoms with E-state index in [1.807, 2.05) is 31.2 Å². The van der Waals surface area contributed by atoms with Gasteiger partial charge in [0, 0.05) is 24.0 Å². The normalized spacial score (nSPS) is 14.7. The van der Waals surface area contributed by atoms with Crippen molar-refractivity contribution in [2.75, 3.05) is 18.5 Å². The van der Waals surface area contributed by atoms with Crippen molar-refractivity contribution in [3.8, 4) is 11.5 Å². The molecule has 23 heavy (non-hydrogen) atoms. The van der Waals surface area contributed by atoms with E-state index >= 15 is 0 Å². The summed E-state index contributed by atoms with van der Waals surface area (Å²) in [6, 6.07) is 10.0. The van der Waals surface area contributed by atoms with E-state index in [4.69, 9.17) is 9.47 Å². The van der Waals surface area contributed by atoms with Crippen LogP contribution in [0.4, 0.5) is 5.69 Å². The molecule has 4 nitrogen and oxygen atoms in total. The van der Waals surface area contributed by atoms with E-state index in [1.165, 1.54) is 0 Å². The van der Waals surface area contributed by atoms with Gasteiger partial charge in [0.15, 0.2) is 0 Å². The van der Waals surface area contributed by atoms with Crippen LogP contribution in [0.2, 0.25) is 0 Å². The van der Waals surface area contributed by atoms with Gasteiger partial charge in [-0.15, -0.1) is 0 Å². The maximum absolute atomic E-state index is 12.5. The first-order valence-corrected chi connectivity index (χ1v) is 8.01. The van der Waals surface area contributed by atoms with Crippen LogP contribution in [0.5, 0.6) is 11.5 Å². The number of rotatable bonds is 3. The van der Waals surface area contributed by atoms with Gasteiger partial charge >= 0.3 is 0 Å². The summed E-state index contributed by atoms with van der Waals surface area (Å²) in [5.41, 5.74) is 5.17. The van der Waals surface area contributed by atoms with Crippen LogP contribution in [0.15, 0.2) is 30.3 Å². The Bertz CT molecular complexity index is 750. The predicted molar refractivity (Wildman–Crippen MR) is 88.4 cm³/mol. The van der Waals surface area contributed by atoms with E-state index in [2.05, 4.69) is 11.4 Å². The van der Waals surface area contributed by atoms with Crippen LogP contribution >= 0.6 is 0 Å². The van der Waals surface area contributed by atoms with Gasteiger partial charge in [0.2, 0.25) is 5.91 Å². The molecular formula is C19H19NO3. The Morgan fingerprint density at radius 3 is 2.87 bits per heavy atom. The van der Waals surface area contributed by atoms with E-state index in [0.717, 1.165) is 52.3 Å². The lowest BCUT2D eigenvalue weighted by molar-refractivity contribution is -0.115. The van der Waals surface area contributed by atoms with Crippen molar-refractivity contribution in [1.29, 1.82) is 0 Å². The SMILES string of the molecule is Cc1ccccc1CC(=O)Nc1c2c(cc3c1OCC3)OCC2. The number of aryl methyl sites for hydroxylation is 1. The van der Waals surface area contributed by atoms with Gasteiger partial charge in [0.05, 0.1) is 25.3 Å². The van der Waals surface area contributed by atoms with E-state index in [9.17, 15) is 4.79 Å². The number of nitrogens with one attached hydrogen (secondary N) is 1. The number of carbonyl (C=O) groups excluding carboxylic acids is 1. The first-order valence-electron chi connectivity index (χ1n) is 8.01. The summed E-state index contributed by atoms with van der Waals surface area (Å²) in [5, 5.41) is 3.07. The molecule has 0 aromatic heterocycles. The molecule has 0 atom stereocenters. The molecule has 0 aliphatic carbocycles. The number of ether oxygens (including phenoxy) is 2. The molecule has 1 N–H and O–H groups in total. The first-order chi connectivity index (χ1) is 11.2. The van der Waals surface area contributed by atoms with Gasteiger partial charge in [-0.05, 0) is 24.1 Å². The van der Waals surface area contributed by atoms with Crippen LogP contribution in [-0.4, -0.2) is 19.1 Å². The highest BCUT2D eigenvalue weighted by Crippen LogP contribution is 2.44. The molecule has 2 aliphatic rings. The summed E-state index contributed by atoms with van der Waals surface area (Å²) in [7, 11) is 0. The Labute approximate surface area is 135 Å². The third-order valence-electron chi connectivity index (χ3n) is 4.53. The molecule has 4 rings (SSSR count). The molecule has 1 amide bonds. The van der Waals surface area contributed by atoms with Crippen LogP contribution in [0.1, 0.15) is 22.3 Å². The Morgan fingerprint density at radius 1 is 1.17 bits per heavy atom. The lowest BCUT2D eigenvalue weighted by Crippen LogP contribution is -2.16. The summed E-state index contributed by atoms with van der Waals surface area (Å²) in [6.07, 6.45) is 2.05. The summed E-state index contributed by atoms with van der Waals surface area (Å²) < 4.78 is 11.4. The standard InChI is InChI=1S/C19H19NO3/c1-12-4-2-3-5-13(12)11-17(21)20-18-15-7-9-22-16(15)10-14-6-8-23-19(14)18/h2-5,10H,6-9,11H2,1H3,(H,20,21). The second-order valence-electron chi connectivity index (χ2n) is 6.06. The monoisotopic (exact) mass is 309 g/mol. The van der Waals surface area contributed by atoms with Gasteiger partial charge in [0.1, 0.15) is 11.5 Å². The highest BCUT2D eigenvalue weighted by Gasteiger charge is 2.27. The molecule has 0 unspecified atom stereocenters. The van der Waals surface area contributed by atoms with E-state index in [0.29, 0.717) is 19.6 Å². The van der Waals surface area contributed by atoms with Gasteiger partial charge < -0.3 is 14.8 Å². The van der Waals surface area contributed by atoms with Gasteiger partial charge in [-0.3, -0.25) is 4.79 Å². The van der Waals surface area contributed by atoms with Gasteiger partial charge in [0.25, 0.3) is 0 Å². The molecule has 0 spiro atoms. The zero-order valence-corrected chi connectivity index (χ0v) is 13.1. The third-order valence-corrected chi connectivity index (χ3v) is 4.53. The Balaban J connectivity index is 1.62. The van der Waals surface area contributed by atoms with Crippen molar-refractivity contribution in [2.45, 2.75) is 26.2 Å². The van der Waals surface area contributed by atoms with Crippen LogP contribution in [0, 0.1) is 6.92 Å². The molecule has 0 saturated heterocycles. The summed E-state index contributed by atoms with van der Waals surface area (Å²) >= 11 is 0. The number of hydrogen-bond donors (Lipinski definition) is 1. The fourth-order valence-electron chi connectivity index (χ4n) is 3.28. The largest absolute Gasteiger partial charge is 0.493 e. The Kier molecular flexibility index (Phi) is 3.45. The van der Waals surface area contributed by atoms with Crippen LogP contribution in [0.25, 0.3) is 0 Å². The van der Waals surface area contributed by atoms with Gasteiger partial charge in [-0.25, -0.2) is 0 Å². The Hall–Kier alpha value is -2.49. The molecular weight excluding hydrogens is 290 g/mol. The molecule has 118 valence electrons. The van der Waals surface area contributed by atoms with Crippen molar-refractivity contribution in [1.82, 2.24) is 0 Å². The fraction of sp³-hybridized carbons (Fsp3) is 0.316. The highest BCUT2D eigenvalue weighted by molar-refractivity contribution is 5.96. The van der Waals surface area contributed by atoms with Crippen molar-refractivity contribution in [3.05, 3.63) is 52.6 Å². The molecule has 2 aromatic carbocycles. The topological polar surface area (TPSA) is 47.6 Å². The van der Waals surface area contributed by atoms with Crippen LogP contribution < -0.4 is 14.8 Å². The van der Waals surface area contributed by atoms with Crippen molar-refractivity contribution >= 4 is 11.6 Å². The molecule has 0 radical (unpaired) electrons. The smallest absolute Gasteiger partial charge is 0.228 e. The predicted octanol–water partition coefficient (Wildman–Crippen LogP) is 3.05. The maximum atomic E-state index is 12.5. The van der Waals surface area contributed by atoms with Gasteiger partial charge in [-0.1, -0.05) is 24.3 Å². The number of amides is 1. The molecule has 0 saturated carbocycles. The summed E-state index contributed by atoms with van der Waals surface area (Å²) in [4.78, 5) is 12.5. The molecule has 2 aliphatic heterocycles. The molecule has 2 heterocycles. The summed E-state index contributed by atoms with van der Waals surface area (Å²) in [5.74, 6) is 1.70. The molecule has 0 fully saturated rings. The third kappa shape index (κ3) is 2.54. The van der Waals surface area contributed by atoms with Gasteiger partial charge in [-0.2, -0.15) is 0 Å². The van der Waals surface area contributed by atoms with Crippen molar-refractivity contribution in [3.63, 3.8) is 0 Å². The van der Waals surface area contributed by atoms with E-state index in [1.54, 1.807) is 0 Å². The quantitative estimate of drug-likeness (QED) is 0.948. The zero-order valence-electron chi connectivity index (χ0n) is 13.1. The Morgan fingerprint density at radius 2 is 2.00 bits per heavy atom. The number of carbonyl (C=O) groups is 1. The minimum absolute atomic E-state index is 0.0164. The first kappa shape index (κ1) is 14.1. The van der Waals surface area contributed by atoms with Crippen LogP contribution in [-0.2, 0) is 24.1 Å². The highest BCUT2D eigenvalue weighted by atomic mass is 16.5. The lowest BCUT2D eigenvalue weighted by atomic mass is 10.0. The fourth-order valence-corrected chi connectivity index (χ4v) is 3.28. The number of anilines is 1. The average molecular weight is 309 g/mol. The maximum Gasteiger partial charge on any atom is 0.228 e. The van der Waals surface area contributed by atoms with Crippen molar-refractivity contribution < 1.29 is 14.3 Å². The minimum atomic E-state index is -0.0164. The van der Waals surface area contributed by atoms with E-state index < -0.39 is 0 Å². The van der Waals surface area contributed by atoms with Crippen LogP contribution in [0.3, 0.4) is 0 Å². The van der Waals surface area contributed by atoms with E-state index in [-0.39, 0.29) is 5.91 Å². The summed E-state index contributed by atoms with van der Waals surface area (Å²) in [6.45, 7) is 3.36. The zero-order chi connectivity index (χ0) is 15.8. The minimum Gasteiger partial charge on any atom is -0.493 e. The molecule has 0 bridgehead atoms. The molecule has 2 aromatic rings. The second kappa shape index (κ2) is 5.61. The number of benzene rings is 2.